The van der Waals surface area contributed by atoms with E-state index in [4.69, 9.17) is 23.2 Å². The number of Topliss-reactive ketones (excluding diaryl/α,β-unsaturated/α-hetero) is 1. The first-order valence-corrected chi connectivity index (χ1v) is 13.7. The van der Waals surface area contributed by atoms with Gasteiger partial charge < -0.3 is 10.0 Å². The Balaban J connectivity index is 1.70. The summed E-state index contributed by atoms with van der Waals surface area (Å²) in [4.78, 5) is 42.8. The first-order chi connectivity index (χ1) is 18.7. The van der Waals surface area contributed by atoms with E-state index in [0.29, 0.717) is 12.8 Å². The van der Waals surface area contributed by atoms with Crippen molar-refractivity contribution in [1.82, 2.24) is 19.7 Å². The highest BCUT2D eigenvalue weighted by molar-refractivity contribution is 6.39. The summed E-state index contributed by atoms with van der Waals surface area (Å²) in [6.45, 7) is 0.289. The number of aliphatic carboxylic acids is 1. The zero-order valence-electron chi connectivity index (χ0n) is 21.6. The van der Waals surface area contributed by atoms with Gasteiger partial charge in [-0.05, 0) is 38.0 Å². The Bertz CT molecular complexity index is 1280. The molecule has 1 unspecified atom stereocenters. The van der Waals surface area contributed by atoms with Crippen LogP contribution >= 0.6 is 23.2 Å². The number of carbonyl (C=O) groups is 3. The maximum Gasteiger partial charge on any atom is 0.433 e. The third-order valence-corrected chi connectivity index (χ3v) is 8.40. The summed E-state index contributed by atoms with van der Waals surface area (Å²) in [5.41, 5.74) is -4.19. The van der Waals surface area contributed by atoms with E-state index in [2.05, 4.69) is 10.1 Å². The van der Waals surface area contributed by atoms with E-state index in [0.717, 1.165) is 28.2 Å². The quantitative estimate of drug-likeness (QED) is 0.280. The Morgan fingerprint density at radius 2 is 1.75 bits per heavy atom. The molecule has 0 aromatic carbocycles. The van der Waals surface area contributed by atoms with Crippen LogP contribution in [0.2, 0.25) is 10.0 Å². The maximum absolute atomic E-state index is 15.6. The van der Waals surface area contributed by atoms with Crippen molar-refractivity contribution in [3.63, 3.8) is 0 Å². The number of carbonyl (C=O) groups excluding carboxylic acids is 2. The Labute approximate surface area is 237 Å². The molecule has 2 aliphatic rings. The number of rotatable bonds is 8. The molecule has 40 heavy (non-hydrogen) atoms. The summed E-state index contributed by atoms with van der Waals surface area (Å²) in [5.74, 6) is -4.11. The third-order valence-electron chi connectivity index (χ3n) is 7.83. The van der Waals surface area contributed by atoms with Gasteiger partial charge in [-0.15, -0.1) is 0 Å². The predicted octanol–water partition coefficient (Wildman–Crippen LogP) is 6.27. The lowest BCUT2D eigenvalue weighted by atomic mass is 9.78. The molecular formula is C26H28Cl2F4N4O4. The summed E-state index contributed by atoms with van der Waals surface area (Å²) < 4.78 is 59.6. The van der Waals surface area contributed by atoms with Crippen molar-refractivity contribution in [2.45, 2.75) is 69.8 Å². The van der Waals surface area contributed by atoms with Crippen molar-refractivity contribution in [3.05, 3.63) is 45.5 Å². The van der Waals surface area contributed by atoms with Gasteiger partial charge in [0.2, 0.25) is 0 Å². The average molecular weight is 607 g/mol. The van der Waals surface area contributed by atoms with Crippen LogP contribution in [0.15, 0.2) is 18.6 Å². The molecule has 0 bridgehead atoms. The molecule has 2 saturated carbocycles. The molecule has 1 N–H and O–H groups in total. The molecule has 2 aliphatic carbocycles. The summed E-state index contributed by atoms with van der Waals surface area (Å²) in [7, 11) is 0. The fraction of sp³-hybridized carbons (Fsp3) is 0.577. The normalized spacial score (nSPS) is 22.7. The lowest BCUT2D eigenvalue weighted by Gasteiger charge is -2.33. The van der Waals surface area contributed by atoms with Crippen molar-refractivity contribution in [2.24, 2.45) is 11.8 Å². The SMILES string of the molecule is CC1C[C@@H](n2ncc(C(=O)N(CC(=O)c3c(Cl)cncc3Cl)CC3(F)CCCC3)c2C(F)(F)F)CC[C@@H]1C(=O)O. The van der Waals surface area contributed by atoms with Crippen LogP contribution in [0.3, 0.4) is 0 Å². The monoisotopic (exact) mass is 606 g/mol. The van der Waals surface area contributed by atoms with Gasteiger partial charge in [-0.2, -0.15) is 18.3 Å². The number of carboxylic acids is 1. The molecule has 0 aliphatic heterocycles. The minimum absolute atomic E-state index is 0.0951. The minimum Gasteiger partial charge on any atom is -0.481 e. The Morgan fingerprint density at radius 3 is 2.30 bits per heavy atom. The molecule has 3 atom stereocenters. The molecule has 8 nitrogen and oxygen atoms in total. The number of carboxylic acid groups (broad SMARTS) is 1. The molecule has 4 rings (SSSR count). The highest BCUT2D eigenvalue weighted by Crippen LogP contribution is 2.42. The number of pyridine rings is 1. The Hall–Kier alpha value is -2.73. The molecule has 0 radical (unpaired) electrons. The highest BCUT2D eigenvalue weighted by Gasteiger charge is 2.45. The van der Waals surface area contributed by atoms with Crippen LogP contribution in [0.25, 0.3) is 0 Å². The van der Waals surface area contributed by atoms with E-state index in [9.17, 15) is 32.7 Å². The first-order valence-electron chi connectivity index (χ1n) is 12.9. The van der Waals surface area contributed by atoms with Crippen LogP contribution in [-0.2, 0) is 11.0 Å². The molecular weight excluding hydrogens is 579 g/mol. The predicted molar refractivity (Wildman–Crippen MR) is 137 cm³/mol. The fourth-order valence-corrected chi connectivity index (χ4v) is 6.42. The molecule has 14 heteroatoms. The molecule has 2 fully saturated rings. The standard InChI is InChI=1S/C26H28Cl2F4N4O4/c1-14-8-15(4-5-16(14)24(39)40)36-22(26(30,31)32)17(9-34-36)23(38)35(13-25(29)6-2-3-7-25)12-20(37)21-18(27)10-33-11-19(21)28/h9-11,14-16H,2-8,12-13H2,1H3,(H,39,40)/t14?,15-,16-/m0/s1. The van der Waals surface area contributed by atoms with Gasteiger partial charge in [-0.3, -0.25) is 24.0 Å². The Morgan fingerprint density at radius 1 is 1.12 bits per heavy atom. The van der Waals surface area contributed by atoms with Crippen LogP contribution in [0.1, 0.15) is 84.3 Å². The van der Waals surface area contributed by atoms with Gasteiger partial charge >= 0.3 is 12.1 Å². The summed E-state index contributed by atoms with van der Waals surface area (Å²) in [6, 6.07) is -0.796. The number of hydrogen-bond donors (Lipinski definition) is 1. The van der Waals surface area contributed by atoms with E-state index in [1.165, 1.54) is 0 Å². The molecule has 0 saturated heterocycles. The lowest BCUT2D eigenvalue weighted by Crippen LogP contribution is -2.45. The van der Waals surface area contributed by atoms with Gasteiger partial charge in [0.25, 0.3) is 5.91 Å². The molecule has 2 aromatic rings. The van der Waals surface area contributed by atoms with Gasteiger partial charge in [-0.25, -0.2) is 4.39 Å². The van der Waals surface area contributed by atoms with Crippen molar-refractivity contribution in [3.8, 4) is 0 Å². The number of alkyl halides is 4. The molecule has 2 heterocycles. The number of hydrogen-bond acceptors (Lipinski definition) is 5. The minimum atomic E-state index is -5.01. The topological polar surface area (TPSA) is 105 Å². The van der Waals surface area contributed by atoms with Crippen LogP contribution < -0.4 is 0 Å². The van der Waals surface area contributed by atoms with Crippen LogP contribution in [0, 0.1) is 11.8 Å². The smallest absolute Gasteiger partial charge is 0.433 e. The van der Waals surface area contributed by atoms with E-state index in [-0.39, 0.29) is 47.7 Å². The van der Waals surface area contributed by atoms with E-state index < -0.39 is 71.7 Å². The summed E-state index contributed by atoms with van der Waals surface area (Å²) in [6.07, 6.45) is -0.257. The van der Waals surface area contributed by atoms with Gasteiger partial charge in [0.1, 0.15) is 5.67 Å². The summed E-state index contributed by atoms with van der Waals surface area (Å²) >= 11 is 12.1. The van der Waals surface area contributed by atoms with Crippen molar-refractivity contribution in [1.29, 1.82) is 0 Å². The number of ketones is 1. The van der Waals surface area contributed by atoms with Crippen LogP contribution in [-0.4, -0.2) is 61.2 Å². The molecule has 0 spiro atoms. The fourth-order valence-electron chi connectivity index (χ4n) is 5.84. The molecule has 1 amide bonds. The lowest BCUT2D eigenvalue weighted by molar-refractivity contribution is -0.149. The van der Waals surface area contributed by atoms with Crippen LogP contribution in [0.5, 0.6) is 0 Å². The van der Waals surface area contributed by atoms with Crippen molar-refractivity contribution >= 4 is 40.9 Å². The first kappa shape index (κ1) is 30.2. The largest absolute Gasteiger partial charge is 0.481 e. The van der Waals surface area contributed by atoms with E-state index >= 15 is 4.39 Å². The number of nitrogens with zero attached hydrogens (tertiary/aromatic N) is 4. The second kappa shape index (κ2) is 11.6. The van der Waals surface area contributed by atoms with Gasteiger partial charge in [-0.1, -0.05) is 43.0 Å². The second-order valence-corrected chi connectivity index (χ2v) is 11.5. The average Bonchev–Trinajstić information content (AvgIpc) is 3.49. The van der Waals surface area contributed by atoms with Crippen molar-refractivity contribution < 1.29 is 37.1 Å². The van der Waals surface area contributed by atoms with Gasteiger partial charge in [0.05, 0.1) is 52.4 Å². The third kappa shape index (κ3) is 6.27. The Kier molecular flexibility index (Phi) is 8.79. The zero-order valence-corrected chi connectivity index (χ0v) is 23.1. The molecule has 2 aromatic heterocycles. The number of amides is 1. The highest BCUT2D eigenvalue weighted by atomic mass is 35.5. The van der Waals surface area contributed by atoms with Gasteiger partial charge in [0, 0.05) is 12.4 Å². The zero-order chi connectivity index (χ0) is 29.4. The van der Waals surface area contributed by atoms with Gasteiger partial charge in [0.15, 0.2) is 11.5 Å². The van der Waals surface area contributed by atoms with Crippen molar-refractivity contribution in [2.75, 3.05) is 13.1 Å². The summed E-state index contributed by atoms with van der Waals surface area (Å²) in [5, 5.41) is 13.1. The number of halogens is 6. The molecule has 218 valence electrons. The van der Waals surface area contributed by atoms with Crippen LogP contribution in [0.4, 0.5) is 17.6 Å². The second-order valence-electron chi connectivity index (χ2n) is 10.7. The van der Waals surface area contributed by atoms with E-state index in [1.807, 2.05) is 0 Å². The van der Waals surface area contributed by atoms with E-state index in [1.54, 1.807) is 6.92 Å². The maximum atomic E-state index is 15.6. The number of aromatic nitrogens is 3.